The van der Waals surface area contributed by atoms with Crippen molar-refractivity contribution in [3.05, 3.63) is 70.2 Å². The molecule has 0 saturated carbocycles. The molecule has 188 valence electrons. The van der Waals surface area contributed by atoms with Crippen LogP contribution in [0.1, 0.15) is 15.9 Å². The molecule has 3 aromatic carbocycles. The third kappa shape index (κ3) is 4.84. The Morgan fingerprint density at radius 3 is 2.03 bits per heavy atom. The Kier molecular flexibility index (Phi) is 6.17. The molecule has 2 aliphatic rings. The second-order valence-corrected chi connectivity index (χ2v) is 9.59. The van der Waals surface area contributed by atoms with Gasteiger partial charge in [0.2, 0.25) is 5.91 Å². The van der Waals surface area contributed by atoms with Crippen LogP contribution in [-0.4, -0.2) is 48.0 Å². The summed E-state index contributed by atoms with van der Waals surface area (Å²) in [6.07, 6.45) is 0.220. The summed E-state index contributed by atoms with van der Waals surface area (Å²) in [5.41, 5.74) is 2.15. The van der Waals surface area contributed by atoms with Crippen molar-refractivity contribution in [1.29, 1.82) is 0 Å². The lowest BCUT2D eigenvalue weighted by Crippen LogP contribution is -2.19. The average molecular weight is 564 g/mol. The number of hydrogen-bond donors (Lipinski definition) is 1. The van der Waals surface area contributed by atoms with E-state index in [-0.39, 0.29) is 24.7 Å². The van der Waals surface area contributed by atoms with Gasteiger partial charge in [-0.25, -0.2) is 0 Å². The zero-order valence-corrected chi connectivity index (χ0v) is 21.2. The number of fused-ring (bicyclic) bond motifs is 3. The minimum atomic E-state index is -0.262. The first-order valence-corrected chi connectivity index (χ1v) is 12.6. The van der Waals surface area contributed by atoms with Crippen LogP contribution in [0.15, 0.2) is 59.1 Å². The maximum Gasteiger partial charge on any atom is 0.251 e. The number of halogens is 1. The SMILES string of the molecule is O=C(Cc1ccc2c(c1)OCCO2)Nc1nn(C(=O)Cc2ccc3c(c2)OCCO3)c2ccc(Br)cc12. The molecule has 0 saturated heterocycles. The van der Waals surface area contributed by atoms with Crippen molar-refractivity contribution in [3.63, 3.8) is 0 Å². The summed E-state index contributed by atoms with van der Waals surface area (Å²) >= 11 is 3.47. The first-order chi connectivity index (χ1) is 18.0. The number of nitrogens with one attached hydrogen (secondary N) is 1. The number of ether oxygens (including phenoxy) is 4. The van der Waals surface area contributed by atoms with Crippen LogP contribution in [0.25, 0.3) is 10.9 Å². The Morgan fingerprint density at radius 2 is 1.38 bits per heavy atom. The molecule has 9 nitrogen and oxygen atoms in total. The van der Waals surface area contributed by atoms with Gasteiger partial charge in [-0.15, -0.1) is 5.10 Å². The van der Waals surface area contributed by atoms with Crippen molar-refractivity contribution in [2.75, 3.05) is 31.7 Å². The summed E-state index contributed by atoms with van der Waals surface area (Å²) in [5, 5.41) is 8.00. The molecule has 0 fully saturated rings. The van der Waals surface area contributed by atoms with Crippen molar-refractivity contribution in [2.45, 2.75) is 12.8 Å². The highest BCUT2D eigenvalue weighted by atomic mass is 79.9. The normalized spacial score (nSPS) is 13.9. The van der Waals surface area contributed by atoms with E-state index in [4.69, 9.17) is 18.9 Å². The summed E-state index contributed by atoms with van der Waals surface area (Å²) in [6.45, 7) is 1.95. The van der Waals surface area contributed by atoms with Gasteiger partial charge < -0.3 is 24.3 Å². The smallest absolute Gasteiger partial charge is 0.251 e. The number of anilines is 1. The molecule has 1 N–H and O–H groups in total. The zero-order valence-electron chi connectivity index (χ0n) is 19.7. The van der Waals surface area contributed by atoms with Gasteiger partial charge in [-0.3, -0.25) is 9.59 Å². The summed E-state index contributed by atoms with van der Waals surface area (Å²) in [4.78, 5) is 26.2. The molecule has 37 heavy (non-hydrogen) atoms. The fourth-order valence-electron chi connectivity index (χ4n) is 4.38. The molecule has 0 unspecified atom stereocenters. The molecule has 3 heterocycles. The topological polar surface area (TPSA) is 101 Å². The van der Waals surface area contributed by atoms with Crippen molar-refractivity contribution < 1.29 is 28.5 Å². The molecule has 2 aliphatic heterocycles. The van der Waals surface area contributed by atoms with E-state index in [0.29, 0.717) is 66.1 Å². The second-order valence-electron chi connectivity index (χ2n) is 8.67. The first-order valence-electron chi connectivity index (χ1n) is 11.8. The maximum atomic E-state index is 13.3. The number of hydrogen-bond acceptors (Lipinski definition) is 7. The van der Waals surface area contributed by atoms with Gasteiger partial charge in [-0.05, 0) is 53.6 Å². The molecule has 0 bridgehead atoms. The van der Waals surface area contributed by atoms with Gasteiger partial charge in [-0.1, -0.05) is 28.1 Å². The van der Waals surface area contributed by atoms with Gasteiger partial charge >= 0.3 is 0 Å². The number of benzene rings is 3. The third-order valence-electron chi connectivity index (χ3n) is 6.07. The highest BCUT2D eigenvalue weighted by Gasteiger charge is 2.20. The van der Waals surface area contributed by atoms with E-state index in [1.807, 2.05) is 30.3 Å². The van der Waals surface area contributed by atoms with Crippen LogP contribution >= 0.6 is 15.9 Å². The lowest BCUT2D eigenvalue weighted by molar-refractivity contribution is -0.115. The lowest BCUT2D eigenvalue weighted by atomic mass is 10.1. The van der Waals surface area contributed by atoms with Crippen molar-refractivity contribution in [3.8, 4) is 23.0 Å². The van der Waals surface area contributed by atoms with Crippen molar-refractivity contribution >= 4 is 44.5 Å². The fourth-order valence-corrected chi connectivity index (χ4v) is 4.74. The van der Waals surface area contributed by atoms with Crippen LogP contribution in [0.3, 0.4) is 0 Å². The molecule has 10 heteroatoms. The maximum absolute atomic E-state index is 13.3. The van der Waals surface area contributed by atoms with E-state index >= 15 is 0 Å². The van der Waals surface area contributed by atoms with Crippen LogP contribution in [0.5, 0.6) is 23.0 Å². The van der Waals surface area contributed by atoms with E-state index < -0.39 is 0 Å². The minimum Gasteiger partial charge on any atom is -0.486 e. The standard InChI is InChI=1S/C27H22BrN3O6/c28-18-3-4-20-19(15-18)27(29-25(32)13-16-1-5-21-23(11-16)36-9-7-34-21)30-31(20)26(33)14-17-2-6-22-24(12-17)37-10-8-35-22/h1-6,11-12,15H,7-10,13-14H2,(H,29,30,32). The molecular formula is C27H22BrN3O6. The van der Waals surface area contributed by atoms with E-state index in [9.17, 15) is 9.59 Å². The Bertz CT molecular complexity index is 1530. The average Bonchev–Trinajstić information content (AvgIpc) is 3.25. The monoisotopic (exact) mass is 563 g/mol. The number of rotatable bonds is 5. The summed E-state index contributed by atoms with van der Waals surface area (Å²) in [6, 6.07) is 16.3. The minimum absolute atomic E-state index is 0.105. The van der Waals surface area contributed by atoms with E-state index in [1.54, 1.807) is 24.3 Å². The highest BCUT2D eigenvalue weighted by molar-refractivity contribution is 9.10. The zero-order chi connectivity index (χ0) is 25.4. The third-order valence-corrected chi connectivity index (χ3v) is 6.56. The lowest BCUT2D eigenvalue weighted by Gasteiger charge is -2.18. The predicted octanol–water partition coefficient (Wildman–Crippen LogP) is 4.41. The molecule has 0 radical (unpaired) electrons. The Labute approximate surface area is 220 Å². The van der Waals surface area contributed by atoms with Crippen LogP contribution in [0, 0.1) is 0 Å². The van der Waals surface area contributed by atoms with Crippen LogP contribution in [0.2, 0.25) is 0 Å². The number of aromatic nitrogens is 2. The van der Waals surface area contributed by atoms with Crippen LogP contribution in [-0.2, 0) is 17.6 Å². The van der Waals surface area contributed by atoms with Gasteiger partial charge in [0.25, 0.3) is 5.91 Å². The van der Waals surface area contributed by atoms with Gasteiger partial charge in [0.05, 0.1) is 18.4 Å². The van der Waals surface area contributed by atoms with Gasteiger partial charge in [0, 0.05) is 9.86 Å². The predicted molar refractivity (Wildman–Crippen MR) is 139 cm³/mol. The van der Waals surface area contributed by atoms with E-state index in [2.05, 4.69) is 26.3 Å². The molecule has 6 rings (SSSR count). The number of carbonyl (C=O) groups excluding carboxylic acids is 2. The van der Waals surface area contributed by atoms with Gasteiger partial charge in [-0.2, -0.15) is 4.68 Å². The van der Waals surface area contributed by atoms with Crippen molar-refractivity contribution in [1.82, 2.24) is 9.78 Å². The Morgan fingerprint density at radius 1 is 0.784 bits per heavy atom. The first kappa shape index (κ1) is 23.4. The quantitative estimate of drug-likeness (QED) is 0.384. The summed E-state index contributed by atoms with van der Waals surface area (Å²) in [5.74, 6) is 2.40. The van der Waals surface area contributed by atoms with Gasteiger partial charge in [0.15, 0.2) is 28.8 Å². The second kappa shape index (κ2) is 9.78. The fraction of sp³-hybridized carbons (Fsp3) is 0.222. The van der Waals surface area contributed by atoms with E-state index in [1.165, 1.54) is 4.68 Å². The largest absolute Gasteiger partial charge is 0.486 e. The van der Waals surface area contributed by atoms with Gasteiger partial charge in [0.1, 0.15) is 26.4 Å². The number of carbonyl (C=O) groups is 2. The number of amides is 1. The molecule has 0 aliphatic carbocycles. The number of nitrogens with zero attached hydrogens (tertiary/aromatic N) is 2. The van der Waals surface area contributed by atoms with Crippen LogP contribution in [0.4, 0.5) is 5.82 Å². The molecule has 0 atom stereocenters. The Hall–Kier alpha value is -4.05. The van der Waals surface area contributed by atoms with Crippen LogP contribution < -0.4 is 24.3 Å². The molecule has 4 aromatic rings. The highest BCUT2D eigenvalue weighted by Crippen LogP contribution is 2.33. The molecular weight excluding hydrogens is 542 g/mol. The van der Waals surface area contributed by atoms with Crippen molar-refractivity contribution in [2.24, 2.45) is 0 Å². The molecule has 1 amide bonds. The molecule has 0 spiro atoms. The summed E-state index contributed by atoms with van der Waals surface area (Å²) < 4.78 is 24.5. The van der Waals surface area contributed by atoms with E-state index in [0.717, 1.165) is 15.6 Å². The molecule has 1 aromatic heterocycles. The summed E-state index contributed by atoms with van der Waals surface area (Å²) in [7, 11) is 0. The Balaban J connectivity index is 1.23.